The molecule has 156 valence electrons. The number of fused-ring (bicyclic) bond motifs is 1. The molecule has 3 aromatic rings. The maximum atomic E-state index is 13.4. The van der Waals surface area contributed by atoms with Gasteiger partial charge in [0, 0.05) is 42.8 Å². The van der Waals surface area contributed by atoms with E-state index in [1.54, 1.807) is 23.2 Å². The Morgan fingerprint density at radius 2 is 2.10 bits per heavy atom. The van der Waals surface area contributed by atoms with E-state index in [2.05, 4.69) is 15.0 Å². The number of hydrogen-bond acceptors (Lipinski definition) is 4. The molecule has 4 rings (SSSR count). The summed E-state index contributed by atoms with van der Waals surface area (Å²) < 4.78 is 40.2. The monoisotopic (exact) mass is 416 g/mol. The zero-order valence-electron chi connectivity index (χ0n) is 16.2. The normalized spacial score (nSPS) is 17.3. The molecular weight excluding hydrogens is 397 g/mol. The van der Waals surface area contributed by atoms with Crippen LogP contribution in [0.15, 0.2) is 41.5 Å². The molecule has 0 unspecified atom stereocenters. The van der Waals surface area contributed by atoms with Crippen LogP contribution in [-0.2, 0) is 6.18 Å². The number of hydrogen-bond donors (Lipinski definition) is 1. The van der Waals surface area contributed by atoms with E-state index in [9.17, 15) is 22.8 Å². The molecule has 0 aliphatic carbocycles. The van der Waals surface area contributed by atoms with Gasteiger partial charge in [-0.05, 0) is 44.0 Å². The molecule has 6 nitrogen and oxygen atoms in total. The first kappa shape index (κ1) is 20.1. The largest absolute Gasteiger partial charge is 0.417 e. The van der Waals surface area contributed by atoms with Crippen molar-refractivity contribution in [3.63, 3.8) is 0 Å². The summed E-state index contributed by atoms with van der Waals surface area (Å²) in [7, 11) is 0. The van der Waals surface area contributed by atoms with Crippen molar-refractivity contribution >= 4 is 16.8 Å². The molecule has 1 saturated heterocycles. The Labute approximate surface area is 169 Å². The van der Waals surface area contributed by atoms with Gasteiger partial charge in [-0.2, -0.15) is 13.2 Å². The number of aromatic nitrogens is 3. The van der Waals surface area contributed by atoms with Gasteiger partial charge in [0.2, 0.25) is 0 Å². The second kappa shape index (κ2) is 7.55. The van der Waals surface area contributed by atoms with Gasteiger partial charge < -0.3 is 9.88 Å². The van der Waals surface area contributed by atoms with Crippen molar-refractivity contribution in [2.24, 2.45) is 0 Å². The summed E-state index contributed by atoms with van der Waals surface area (Å²) in [5, 5.41) is -0.462. The predicted molar refractivity (Wildman–Crippen MR) is 104 cm³/mol. The molecule has 1 aliphatic rings. The maximum absolute atomic E-state index is 13.4. The number of aromatic amines is 1. The molecule has 1 N–H and O–H groups in total. The van der Waals surface area contributed by atoms with Gasteiger partial charge in [0.15, 0.2) is 0 Å². The molecule has 3 aromatic heterocycles. The number of H-pyrrole nitrogens is 1. The van der Waals surface area contributed by atoms with Gasteiger partial charge in [-0.1, -0.05) is 0 Å². The molecule has 0 radical (unpaired) electrons. The molecule has 1 aliphatic heterocycles. The van der Waals surface area contributed by atoms with E-state index < -0.39 is 22.7 Å². The summed E-state index contributed by atoms with van der Waals surface area (Å²) in [5.74, 6) is -0.364. The molecule has 0 spiro atoms. The topological polar surface area (TPSA) is 79.0 Å². The SMILES string of the molecule is Cc1cc(C(F)(F)F)c2c(=O)[nH]c([C@H]3CCCN(C(=O)c4cccnc4)C3)cc2n1. The smallest absolute Gasteiger partial charge is 0.338 e. The Kier molecular flexibility index (Phi) is 5.05. The summed E-state index contributed by atoms with van der Waals surface area (Å²) in [4.78, 5) is 37.7. The Hall–Kier alpha value is -3.23. The lowest BCUT2D eigenvalue weighted by Gasteiger charge is -2.33. The third-order valence-corrected chi connectivity index (χ3v) is 5.31. The number of pyridine rings is 3. The van der Waals surface area contributed by atoms with Crippen LogP contribution in [0.1, 0.15) is 46.1 Å². The summed E-state index contributed by atoms with van der Waals surface area (Å²) >= 11 is 0. The molecule has 1 fully saturated rings. The number of piperidine rings is 1. The lowest BCUT2D eigenvalue weighted by atomic mass is 9.93. The Morgan fingerprint density at radius 1 is 1.30 bits per heavy atom. The number of alkyl halides is 3. The van der Waals surface area contributed by atoms with Crippen molar-refractivity contribution in [3.8, 4) is 0 Å². The second-order valence-corrected chi connectivity index (χ2v) is 7.46. The standard InChI is InChI=1S/C21H19F3N4O2/c1-12-8-15(21(22,23)24)18-17(26-12)9-16(27-19(18)29)14-5-3-7-28(11-14)20(30)13-4-2-6-25-10-13/h2,4,6,8-10,14H,3,5,7,11H2,1H3,(H,27,29)/t14-/m0/s1. The minimum Gasteiger partial charge on any atom is -0.338 e. The molecule has 1 amide bonds. The quantitative estimate of drug-likeness (QED) is 0.692. The molecule has 0 saturated carbocycles. The zero-order chi connectivity index (χ0) is 21.5. The number of halogens is 3. The highest BCUT2D eigenvalue weighted by Gasteiger charge is 2.35. The van der Waals surface area contributed by atoms with E-state index in [-0.39, 0.29) is 23.0 Å². The van der Waals surface area contributed by atoms with Crippen molar-refractivity contribution in [2.75, 3.05) is 13.1 Å². The van der Waals surface area contributed by atoms with Crippen molar-refractivity contribution in [1.82, 2.24) is 19.9 Å². The van der Waals surface area contributed by atoms with E-state index >= 15 is 0 Å². The van der Waals surface area contributed by atoms with Crippen LogP contribution >= 0.6 is 0 Å². The van der Waals surface area contributed by atoms with E-state index in [0.29, 0.717) is 37.2 Å². The molecule has 1 atom stereocenters. The lowest BCUT2D eigenvalue weighted by molar-refractivity contribution is -0.136. The fourth-order valence-corrected chi connectivity index (χ4v) is 3.95. The zero-order valence-corrected chi connectivity index (χ0v) is 16.2. The van der Waals surface area contributed by atoms with Crippen LogP contribution in [0, 0.1) is 6.92 Å². The molecular formula is C21H19F3N4O2. The van der Waals surface area contributed by atoms with Gasteiger partial charge >= 0.3 is 6.18 Å². The van der Waals surface area contributed by atoms with Gasteiger partial charge in [-0.3, -0.25) is 19.6 Å². The molecule has 9 heteroatoms. The Morgan fingerprint density at radius 3 is 2.80 bits per heavy atom. The summed E-state index contributed by atoms with van der Waals surface area (Å²) in [6, 6.07) is 5.75. The van der Waals surface area contributed by atoms with E-state index in [0.717, 1.165) is 6.07 Å². The average molecular weight is 416 g/mol. The van der Waals surface area contributed by atoms with E-state index in [1.807, 2.05) is 0 Å². The third kappa shape index (κ3) is 3.79. The summed E-state index contributed by atoms with van der Waals surface area (Å²) in [6.45, 7) is 2.38. The van der Waals surface area contributed by atoms with Crippen LogP contribution in [0.5, 0.6) is 0 Å². The number of nitrogens with one attached hydrogen (secondary N) is 1. The number of rotatable bonds is 2. The number of carbonyl (C=O) groups excluding carboxylic acids is 1. The van der Waals surface area contributed by atoms with Crippen molar-refractivity contribution in [3.05, 3.63) is 69.5 Å². The lowest BCUT2D eigenvalue weighted by Crippen LogP contribution is -2.39. The van der Waals surface area contributed by atoms with Crippen LogP contribution in [-0.4, -0.2) is 38.8 Å². The molecule has 0 bridgehead atoms. The number of nitrogens with zero attached hydrogens (tertiary/aromatic N) is 3. The highest BCUT2D eigenvalue weighted by atomic mass is 19.4. The van der Waals surface area contributed by atoms with E-state index in [4.69, 9.17) is 0 Å². The molecule has 30 heavy (non-hydrogen) atoms. The second-order valence-electron chi connectivity index (χ2n) is 7.46. The van der Waals surface area contributed by atoms with Gasteiger partial charge in [0.1, 0.15) is 0 Å². The molecule has 0 aromatic carbocycles. The van der Waals surface area contributed by atoms with Gasteiger partial charge in [0.05, 0.1) is 22.0 Å². The van der Waals surface area contributed by atoms with Crippen molar-refractivity contribution in [2.45, 2.75) is 31.9 Å². The van der Waals surface area contributed by atoms with Gasteiger partial charge in [-0.25, -0.2) is 0 Å². The minimum atomic E-state index is -4.65. The van der Waals surface area contributed by atoms with Crippen LogP contribution in [0.2, 0.25) is 0 Å². The van der Waals surface area contributed by atoms with Crippen LogP contribution < -0.4 is 5.56 Å². The number of aryl methyl sites for hydroxylation is 1. The van der Waals surface area contributed by atoms with Gasteiger partial charge in [0.25, 0.3) is 11.5 Å². The first-order chi connectivity index (χ1) is 14.2. The molecule has 4 heterocycles. The average Bonchev–Trinajstić information content (AvgIpc) is 2.72. The van der Waals surface area contributed by atoms with Crippen LogP contribution in [0.25, 0.3) is 10.9 Å². The summed E-state index contributed by atoms with van der Waals surface area (Å²) in [6.07, 6.45) is -0.157. The highest BCUT2D eigenvalue weighted by molar-refractivity contribution is 5.94. The maximum Gasteiger partial charge on any atom is 0.417 e. The number of likely N-dealkylation sites (tertiary alicyclic amines) is 1. The van der Waals surface area contributed by atoms with Crippen LogP contribution in [0.4, 0.5) is 13.2 Å². The third-order valence-electron chi connectivity index (χ3n) is 5.31. The fourth-order valence-electron chi connectivity index (χ4n) is 3.95. The summed E-state index contributed by atoms with van der Waals surface area (Å²) in [5.41, 5.74) is -0.660. The Bertz CT molecular complexity index is 1160. The minimum absolute atomic E-state index is 0.0109. The van der Waals surface area contributed by atoms with Crippen LogP contribution in [0.3, 0.4) is 0 Å². The first-order valence-electron chi connectivity index (χ1n) is 9.55. The van der Waals surface area contributed by atoms with E-state index in [1.165, 1.54) is 19.2 Å². The van der Waals surface area contributed by atoms with Crippen molar-refractivity contribution in [1.29, 1.82) is 0 Å². The number of amides is 1. The van der Waals surface area contributed by atoms with Crippen molar-refractivity contribution < 1.29 is 18.0 Å². The highest BCUT2D eigenvalue weighted by Crippen LogP contribution is 2.34. The fraction of sp³-hybridized carbons (Fsp3) is 0.333. The van der Waals surface area contributed by atoms with Gasteiger partial charge in [-0.15, -0.1) is 0 Å². The predicted octanol–water partition coefficient (Wildman–Crippen LogP) is 3.67. The first-order valence-corrected chi connectivity index (χ1v) is 9.55. The Balaban J connectivity index is 1.69. The number of carbonyl (C=O) groups is 1.